The molecule has 1 unspecified atom stereocenters. The summed E-state index contributed by atoms with van der Waals surface area (Å²) in [5.74, 6) is 1.53. The molecule has 21 heavy (non-hydrogen) atoms. The van der Waals surface area contributed by atoms with Crippen LogP contribution in [0.25, 0.3) is 0 Å². The Labute approximate surface area is 123 Å². The second kappa shape index (κ2) is 5.55. The number of nitrogens with zero attached hydrogens (tertiary/aromatic N) is 3. The molecule has 0 fully saturated rings. The lowest BCUT2D eigenvalue weighted by Crippen LogP contribution is -2.43. The highest BCUT2D eigenvalue weighted by Gasteiger charge is 2.23. The summed E-state index contributed by atoms with van der Waals surface area (Å²) in [6.07, 6.45) is 4.18. The fourth-order valence-electron chi connectivity index (χ4n) is 2.47. The first-order valence-corrected chi connectivity index (χ1v) is 7.03. The fourth-order valence-corrected chi connectivity index (χ4v) is 2.47. The third-order valence-corrected chi connectivity index (χ3v) is 3.65. The molecule has 0 spiro atoms. The molecule has 2 aromatic heterocycles. The number of urea groups is 1. The van der Waals surface area contributed by atoms with Crippen LogP contribution in [-0.4, -0.2) is 27.4 Å². The number of carbonyl (C=O) groups is 1. The number of hydrogen-bond acceptors (Lipinski definition) is 4. The second-order valence-electron chi connectivity index (χ2n) is 5.25. The van der Waals surface area contributed by atoms with Gasteiger partial charge in [0.15, 0.2) is 0 Å². The van der Waals surface area contributed by atoms with Gasteiger partial charge in [-0.2, -0.15) is 0 Å². The largest absolute Gasteiger partial charge is 0.467 e. The molecule has 0 aliphatic carbocycles. The van der Waals surface area contributed by atoms with Gasteiger partial charge in [-0.05, 0) is 26.0 Å². The Morgan fingerprint density at radius 1 is 1.52 bits per heavy atom. The first-order valence-electron chi connectivity index (χ1n) is 7.03. The molecule has 6 heteroatoms. The maximum atomic E-state index is 12.3. The number of fused-ring (bicyclic) bond motifs is 1. The van der Waals surface area contributed by atoms with E-state index in [9.17, 15) is 4.79 Å². The van der Waals surface area contributed by atoms with Gasteiger partial charge in [-0.15, -0.1) is 0 Å². The van der Waals surface area contributed by atoms with Crippen LogP contribution in [0.3, 0.4) is 0 Å². The van der Waals surface area contributed by atoms with Crippen LogP contribution in [0.15, 0.2) is 29.0 Å². The van der Waals surface area contributed by atoms with Gasteiger partial charge in [0.2, 0.25) is 0 Å². The maximum absolute atomic E-state index is 12.3. The van der Waals surface area contributed by atoms with Gasteiger partial charge in [-0.1, -0.05) is 0 Å². The van der Waals surface area contributed by atoms with Crippen LogP contribution in [-0.2, 0) is 13.0 Å². The van der Waals surface area contributed by atoms with E-state index in [2.05, 4.69) is 15.3 Å². The van der Waals surface area contributed by atoms with Crippen molar-refractivity contribution in [2.24, 2.45) is 0 Å². The molecule has 2 amide bonds. The van der Waals surface area contributed by atoms with Crippen molar-refractivity contribution >= 4 is 6.03 Å². The van der Waals surface area contributed by atoms with Crippen molar-refractivity contribution in [3.63, 3.8) is 0 Å². The van der Waals surface area contributed by atoms with E-state index in [-0.39, 0.29) is 12.1 Å². The van der Waals surface area contributed by atoms with E-state index in [0.717, 1.165) is 29.3 Å². The predicted octanol–water partition coefficient (Wildman–Crippen LogP) is 2.21. The summed E-state index contributed by atoms with van der Waals surface area (Å²) < 4.78 is 5.30. The van der Waals surface area contributed by atoms with Gasteiger partial charge in [0, 0.05) is 24.7 Å². The van der Waals surface area contributed by atoms with Crippen molar-refractivity contribution in [2.75, 3.05) is 6.54 Å². The first kappa shape index (κ1) is 13.6. The van der Waals surface area contributed by atoms with Crippen molar-refractivity contribution in [3.8, 4) is 0 Å². The lowest BCUT2D eigenvalue weighted by Gasteiger charge is -2.29. The predicted molar refractivity (Wildman–Crippen MR) is 76.5 cm³/mol. The molecular weight excluding hydrogens is 268 g/mol. The number of aryl methyl sites for hydroxylation is 1. The molecule has 110 valence electrons. The normalized spacial score (nSPS) is 15.4. The van der Waals surface area contributed by atoms with Gasteiger partial charge in [-0.3, -0.25) is 0 Å². The van der Waals surface area contributed by atoms with Crippen LogP contribution in [0.1, 0.15) is 35.8 Å². The molecule has 1 aliphatic heterocycles. The van der Waals surface area contributed by atoms with Crippen molar-refractivity contribution in [3.05, 3.63) is 47.4 Å². The summed E-state index contributed by atoms with van der Waals surface area (Å²) in [6, 6.07) is 3.43. The van der Waals surface area contributed by atoms with Gasteiger partial charge in [0.1, 0.15) is 11.6 Å². The smallest absolute Gasteiger partial charge is 0.318 e. The van der Waals surface area contributed by atoms with Gasteiger partial charge in [-0.25, -0.2) is 14.8 Å². The Morgan fingerprint density at radius 2 is 2.38 bits per heavy atom. The Morgan fingerprint density at radius 3 is 3.14 bits per heavy atom. The molecule has 0 saturated carbocycles. The van der Waals surface area contributed by atoms with Crippen LogP contribution < -0.4 is 5.32 Å². The standard InChI is InChI=1S/C15H18N4O2/c1-10(14-4-3-7-21-14)17-15(20)19-6-5-13-12(9-19)8-16-11(2)18-13/h3-4,7-8,10H,5-6,9H2,1-2H3,(H,17,20). The molecule has 1 atom stereocenters. The number of carbonyl (C=O) groups excluding carboxylic acids is 1. The topological polar surface area (TPSA) is 71.3 Å². The molecule has 2 aromatic rings. The van der Waals surface area contributed by atoms with Crippen molar-refractivity contribution in [2.45, 2.75) is 32.9 Å². The summed E-state index contributed by atoms with van der Waals surface area (Å²) in [6.45, 7) is 5.00. The van der Waals surface area contributed by atoms with E-state index < -0.39 is 0 Å². The Bertz CT molecular complexity index is 639. The summed E-state index contributed by atoms with van der Waals surface area (Å²) in [5.41, 5.74) is 2.07. The van der Waals surface area contributed by atoms with Crippen molar-refractivity contribution < 1.29 is 9.21 Å². The minimum absolute atomic E-state index is 0.0925. The van der Waals surface area contributed by atoms with Crippen LogP contribution in [0, 0.1) is 6.92 Å². The number of aromatic nitrogens is 2. The van der Waals surface area contributed by atoms with Crippen LogP contribution in [0.4, 0.5) is 4.79 Å². The number of furan rings is 1. The highest BCUT2D eigenvalue weighted by Crippen LogP contribution is 2.18. The van der Waals surface area contributed by atoms with E-state index in [0.29, 0.717) is 13.1 Å². The number of rotatable bonds is 2. The molecule has 3 rings (SSSR count). The highest BCUT2D eigenvalue weighted by molar-refractivity contribution is 5.75. The summed E-state index contributed by atoms with van der Waals surface area (Å²) in [4.78, 5) is 22.7. The molecule has 0 radical (unpaired) electrons. The SMILES string of the molecule is Cc1ncc2c(n1)CCN(C(=O)NC(C)c1ccco1)C2. The van der Waals surface area contributed by atoms with Crippen LogP contribution in [0.2, 0.25) is 0 Å². The van der Waals surface area contributed by atoms with Gasteiger partial charge < -0.3 is 14.6 Å². The van der Waals surface area contributed by atoms with Gasteiger partial charge in [0.25, 0.3) is 0 Å². The third kappa shape index (κ3) is 2.89. The molecule has 6 nitrogen and oxygen atoms in total. The van der Waals surface area contributed by atoms with E-state index >= 15 is 0 Å². The van der Waals surface area contributed by atoms with Crippen LogP contribution in [0.5, 0.6) is 0 Å². The number of nitrogens with one attached hydrogen (secondary N) is 1. The summed E-state index contributed by atoms with van der Waals surface area (Å²) in [7, 11) is 0. The minimum atomic E-state index is -0.150. The first-order chi connectivity index (χ1) is 10.1. The second-order valence-corrected chi connectivity index (χ2v) is 5.25. The van der Waals surface area contributed by atoms with E-state index in [1.165, 1.54) is 0 Å². The van der Waals surface area contributed by atoms with E-state index in [1.807, 2.05) is 32.2 Å². The van der Waals surface area contributed by atoms with Gasteiger partial charge >= 0.3 is 6.03 Å². The van der Waals surface area contributed by atoms with Gasteiger partial charge in [0.05, 0.1) is 24.5 Å². The Balaban J connectivity index is 1.65. The highest BCUT2D eigenvalue weighted by atomic mass is 16.3. The average Bonchev–Trinajstić information content (AvgIpc) is 3.01. The van der Waals surface area contributed by atoms with E-state index in [1.54, 1.807) is 11.2 Å². The lowest BCUT2D eigenvalue weighted by molar-refractivity contribution is 0.187. The molecule has 0 bridgehead atoms. The zero-order valence-electron chi connectivity index (χ0n) is 12.2. The molecule has 3 heterocycles. The van der Waals surface area contributed by atoms with E-state index in [4.69, 9.17) is 4.42 Å². The fraction of sp³-hybridized carbons (Fsp3) is 0.400. The molecular formula is C15H18N4O2. The Kier molecular flexibility index (Phi) is 3.60. The quantitative estimate of drug-likeness (QED) is 0.918. The maximum Gasteiger partial charge on any atom is 0.318 e. The number of hydrogen-bond donors (Lipinski definition) is 1. The lowest BCUT2D eigenvalue weighted by atomic mass is 10.1. The third-order valence-electron chi connectivity index (χ3n) is 3.65. The molecule has 1 N–H and O–H groups in total. The Hall–Kier alpha value is -2.37. The van der Waals surface area contributed by atoms with Crippen LogP contribution >= 0.6 is 0 Å². The zero-order valence-corrected chi connectivity index (χ0v) is 12.2. The average molecular weight is 286 g/mol. The number of amides is 2. The van der Waals surface area contributed by atoms with Crippen molar-refractivity contribution in [1.82, 2.24) is 20.2 Å². The summed E-state index contributed by atoms with van der Waals surface area (Å²) >= 11 is 0. The molecule has 1 aliphatic rings. The monoisotopic (exact) mass is 286 g/mol. The minimum Gasteiger partial charge on any atom is -0.467 e. The molecule has 0 saturated heterocycles. The molecule has 0 aromatic carbocycles. The summed E-state index contributed by atoms with van der Waals surface area (Å²) in [5, 5.41) is 2.95. The zero-order chi connectivity index (χ0) is 14.8. The van der Waals surface area contributed by atoms with Crippen molar-refractivity contribution in [1.29, 1.82) is 0 Å².